The van der Waals surface area contributed by atoms with Crippen molar-refractivity contribution in [3.05, 3.63) is 76.6 Å². The number of fused-ring (bicyclic) bond motifs is 1. The van der Waals surface area contributed by atoms with Crippen molar-refractivity contribution in [3.63, 3.8) is 0 Å². The lowest BCUT2D eigenvalue weighted by atomic mass is 10.0. The summed E-state index contributed by atoms with van der Waals surface area (Å²) in [6, 6.07) is 18.2. The van der Waals surface area contributed by atoms with Gasteiger partial charge in [-0.2, -0.15) is 5.11 Å². The molecule has 0 aliphatic heterocycles. The molecule has 0 aliphatic carbocycles. The summed E-state index contributed by atoms with van der Waals surface area (Å²) in [7, 11) is 0. The number of nitrogens with two attached hydrogens (primary N) is 1. The second-order valence-electron chi connectivity index (χ2n) is 6.13. The van der Waals surface area contributed by atoms with Gasteiger partial charge < -0.3 is 10.7 Å². The van der Waals surface area contributed by atoms with Crippen LogP contribution >= 0.6 is 0 Å². The van der Waals surface area contributed by atoms with E-state index in [1.165, 1.54) is 11.4 Å². The molecule has 2 aromatic heterocycles. The molecule has 0 radical (unpaired) electrons. The van der Waals surface area contributed by atoms with E-state index in [4.69, 9.17) is 5.73 Å². The first-order valence-corrected chi connectivity index (χ1v) is 8.54. The number of aromatic amines is 1. The van der Waals surface area contributed by atoms with Gasteiger partial charge in [-0.1, -0.05) is 48.5 Å². The molecule has 0 bridgehead atoms. The van der Waals surface area contributed by atoms with Crippen molar-refractivity contribution in [2.45, 2.75) is 6.92 Å². The number of benzene rings is 2. The lowest BCUT2D eigenvalue weighted by Gasteiger charge is -2.09. The van der Waals surface area contributed by atoms with Crippen LogP contribution < -0.4 is 11.3 Å². The number of rotatable bonds is 4. The number of anilines is 1. The van der Waals surface area contributed by atoms with Gasteiger partial charge in [0.2, 0.25) is 0 Å². The third kappa shape index (κ3) is 2.96. The highest BCUT2D eigenvalue weighted by Gasteiger charge is 2.22. The number of nitrogens with one attached hydrogen (secondary N) is 1. The molecule has 8 heteroatoms. The smallest absolute Gasteiger partial charge is 0.262 e. The van der Waals surface area contributed by atoms with E-state index in [9.17, 15) is 9.59 Å². The molecule has 2 heterocycles. The third-order valence-corrected chi connectivity index (χ3v) is 4.22. The van der Waals surface area contributed by atoms with E-state index in [-0.39, 0.29) is 28.5 Å². The summed E-state index contributed by atoms with van der Waals surface area (Å²) in [5.74, 6) is -0.281. The van der Waals surface area contributed by atoms with Gasteiger partial charge in [0, 0.05) is 5.56 Å². The Hall–Kier alpha value is -4.07. The topological polar surface area (TPSA) is 118 Å². The van der Waals surface area contributed by atoms with Crippen molar-refractivity contribution in [2.75, 3.05) is 5.73 Å². The predicted octanol–water partition coefficient (Wildman–Crippen LogP) is 3.89. The average molecular weight is 372 g/mol. The van der Waals surface area contributed by atoms with Crippen LogP contribution in [0.5, 0.6) is 0 Å². The number of azo groups is 1. The summed E-state index contributed by atoms with van der Waals surface area (Å²) < 4.78 is 1.43. The minimum Gasteiger partial charge on any atom is -0.380 e. The Morgan fingerprint density at radius 3 is 2.32 bits per heavy atom. The number of carbonyl (C=O) groups excluding carboxylic acids is 1. The minimum absolute atomic E-state index is 0.00717. The Morgan fingerprint density at radius 2 is 1.68 bits per heavy atom. The van der Waals surface area contributed by atoms with E-state index in [1.807, 2.05) is 36.4 Å². The lowest BCUT2D eigenvalue weighted by Crippen LogP contribution is -2.21. The first-order valence-electron chi connectivity index (χ1n) is 8.54. The normalized spacial score (nSPS) is 11.3. The summed E-state index contributed by atoms with van der Waals surface area (Å²) >= 11 is 0. The molecule has 138 valence electrons. The van der Waals surface area contributed by atoms with Gasteiger partial charge in [-0.05, 0) is 19.1 Å². The first kappa shape index (κ1) is 17.3. The number of carbonyl (C=O) groups is 1. The molecule has 0 spiro atoms. The molecule has 3 N–H and O–H groups in total. The molecule has 0 saturated carbocycles. The second kappa shape index (κ2) is 6.92. The van der Waals surface area contributed by atoms with Crippen molar-refractivity contribution in [2.24, 2.45) is 10.2 Å². The molecule has 2 aromatic carbocycles. The highest BCUT2D eigenvalue weighted by molar-refractivity contribution is 6.00. The van der Waals surface area contributed by atoms with Crippen LogP contribution in [0.2, 0.25) is 0 Å². The van der Waals surface area contributed by atoms with Crippen molar-refractivity contribution in [1.29, 1.82) is 0 Å². The number of Topliss-reactive ketones (excluding diaryl/α,β-unsaturated/α-hetero) is 1. The number of ketones is 1. The fourth-order valence-corrected chi connectivity index (χ4v) is 2.97. The average Bonchev–Trinajstić information content (AvgIpc) is 3.01. The zero-order valence-corrected chi connectivity index (χ0v) is 15.0. The molecule has 0 saturated heterocycles. The summed E-state index contributed by atoms with van der Waals surface area (Å²) in [6.45, 7) is 1.34. The molecule has 8 nitrogen and oxygen atoms in total. The molecule has 28 heavy (non-hydrogen) atoms. The van der Waals surface area contributed by atoms with Gasteiger partial charge in [-0.15, -0.1) is 10.2 Å². The first-order chi connectivity index (χ1) is 13.6. The maximum absolute atomic E-state index is 12.7. The van der Waals surface area contributed by atoms with Gasteiger partial charge in [0.05, 0.1) is 11.4 Å². The molecular formula is C20H16N6O2. The van der Waals surface area contributed by atoms with E-state index in [2.05, 4.69) is 20.3 Å². The van der Waals surface area contributed by atoms with E-state index in [0.717, 1.165) is 0 Å². The zero-order chi connectivity index (χ0) is 19.7. The summed E-state index contributed by atoms with van der Waals surface area (Å²) in [6.07, 6.45) is 0. The fraction of sp³-hybridized carbons (Fsp3) is 0.0500. The zero-order valence-electron chi connectivity index (χ0n) is 15.0. The van der Waals surface area contributed by atoms with Crippen molar-refractivity contribution in [3.8, 4) is 11.3 Å². The van der Waals surface area contributed by atoms with E-state index < -0.39 is 5.56 Å². The molecular weight excluding hydrogens is 356 g/mol. The number of nitrogens with zero attached hydrogens (tertiary/aromatic N) is 4. The number of nitrogen functional groups attached to an aromatic ring is 1. The quantitative estimate of drug-likeness (QED) is 0.417. The monoisotopic (exact) mass is 372 g/mol. The Bertz CT molecular complexity index is 1260. The van der Waals surface area contributed by atoms with Gasteiger partial charge >= 0.3 is 0 Å². The number of hydrogen-bond acceptors (Lipinski definition) is 6. The molecule has 0 amide bonds. The van der Waals surface area contributed by atoms with Crippen molar-refractivity contribution < 1.29 is 4.79 Å². The Morgan fingerprint density at radius 1 is 1.04 bits per heavy atom. The molecule has 0 unspecified atom stereocenters. The standard InChI is InChI=1S/C20H16N6O2/c1-12(27)15-17(13-8-4-2-5-9-13)26-19(22-20(15)28)16(18(21)25-26)24-23-14-10-6-3-7-11-14/h2-11H,1H3,(H2,21,25)(H,22,28). The van der Waals surface area contributed by atoms with Crippen LogP contribution in [-0.2, 0) is 0 Å². The predicted molar refractivity (Wildman–Crippen MR) is 106 cm³/mol. The van der Waals surface area contributed by atoms with Crippen LogP contribution in [0, 0.1) is 0 Å². The van der Waals surface area contributed by atoms with E-state index in [1.54, 1.807) is 24.3 Å². The SMILES string of the molecule is CC(=O)c1c(-c2ccccc2)n2nc(N)c(N=Nc3ccccc3)c2[nH]c1=O. The molecule has 4 aromatic rings. The summed E-state index contributed by atoms with van der Waals surface area (Å²) in [4.78, 5) is 27.5. The van der Waals surface area contributed by atoms with E-state index in [0.29, 0.717) is 16.9 Å². The maximum atomic E-state index is 12.7. The Labute approximate surface area is 159 Å². The van der Waals surface area contributed by atoms with Gasteiger partial charge in [-0.3, -0.25) is 9.59 Å². The van der Waals surface area contributed by atoms with Crippen molar-refractivity contribution in [1.82, 2.24) is 14.6 Å². The third-order valence-electron chi connectivity index (χ3n) is 4.22. The van der Waals surface area contributed by atoms with Crippen LogP contribution in [0.1, 0.15) is 17.3 Å². The van der Waals surface area contributed by atoms with Crippen LogP contribution in [0.15, 0.2) is 75.7 Å². The number of H-pyrrole nitrogens is 1. The van der Waals surface area contributed by atoms with Crippen molar-refractivity contribution >= 4 is 28.6 Å². The number of hydrogen-bond donors (Lipinski definition) is 2. The van der Waals surface area contributed by atoms with Crippen LogP contribution in [0.4, 0.5) is 17.2 Å². The van der Waals surface area contributed by atoms with Gasteiger partial charge in [0.25, 0.3) is 5.56 Å². The largest absolute Gasteiger partial charge is 0.380 e. The molecule has 0 fully saturated rings. The Kier molecular flexibility index (Phi) is 4.29. The second-order valence-corrected chi connectivity index (χ2v) is 6.13. The Balaban J connectivity index is 2.00. The molecule has 4 rings (SSSR count). The molecule has 0 atom stereocenters. The highest BCUT2D eigenvalue weighted by Crippen LogP contribution is 2.31. The minimum atomic E-state index is -0.532. The summed E-state index contributed by atoms with van der Waals surface area (Å²) in [5, 5.41) is 12.6. The van der Waals surface area contributed by atoms with Gasteiger partial charge in [0.15, 0.2) is 22.9 Å². The highest BCUT2D eigenvalue weighted by atomic mass is 16.1. The van der Waals surface area contributed by atoms with Crippen LogP contribution in [-0.4, -0.2) is 20.4 Å². The number of aromatic nitrogens is 3. The van der Waals surface area contributed by atoms with Crippen LogP contribution in [0.25, 0.3) is 16.9 Å². The fourth-order valence-electron chi connectivity index (χ4n) is 2.97. The van der Waals surface area contributed by atoms with E-state index >= 15 is 0 Å². The van der Waals surface area contributed by atoms with Gasteiger partial charge in [-0.25, -0.2) is 4.52 Å². The maximum Gasteiger partial charge on any atom is 0.262 e. The summed E-state index contributed by atoms with van der Waals surface area (Å²) in [5.41, 5.74) is 7.68. The molecule has 0 aliphatic rings. The van der Waals surface area contributed by atoms with Crippen LogP contribution in [0.3, 0.4) is 0 Å². The lowest BCUT2D eigenvalue weighted by molar-refractivity contribution is 0.101. The van der Waals surface area contributed by atoms with Gasteiger partial charge in [0.1, 0.15) is 5.56 Å².